The molecule has 0 bridgehead atoms. The van der Waals surface area contributed by atoms with Crippen LogP contribution in [0.4, 0.5) is 5.69 Å². The zero-order valence-electron chi connectivity index (χ0n) is 15.1. The van der Waals surface area contributed by atoms with Crippen LogP contribution in [0.3, 0.4) is 0 Å². The number of phenols is 1. The van der Waals surface area contributed by atoms with Crippen molar-refractivity contribution in [2.75, 3.05) is 25.2 Å². The van der Waals surface area contributed by atoms with E-state index in [1.54, 1.807) is 23.9 Å². The predicted molar refractivity (Wildman–Crippen MR) is 106 cm³/mol. The highest BCUT2D eigenvalue weighted by atomic mass is 32.2. The first-order chi connectivity index (χ1) is 13.0. The molecule has 0 saturated heterocycles. The predicted octanol–water partition coefficient (Wildman–Crippen LogP) is 1.87. The first kappa shape index (κ1) is 19.0. The molecule has 0 aliphatic heterocycles. The second-order valence-corrected chi connectivity index (χ2v) is 7.18. The van der Waals surface area contributed by atoms with Gasteiger partial charge in [0.15, 0.2) is 6.54 Å². The third kappa shape index (κ3) is 4.69. The number of likely N-dealkylation sites (N-methyl/N-ethyl adjacent to an activating group) is 1. The summed E-state index contributed by atoms with van der Waals surface area (Å²) in [6, 6.07) is 13.8. The minimum absolute atomic E-state index is 0.0374. The van der Waals surface area contributed by atoms with Crippen LogP contribution in [-0.2, 0) is 11.3 Å². The van der Waals surface area contributed by atoms with Gasteiger partial charge in [0, 0.05) is 28.0 Å². The Hall–Kier alpha value is -2.77. The van der Waals surface area contributed by atoms with E-state index in [-0.39, 0.29) is 18.2 Å². The minimum Gasteiger partial charge on any atom is -0.508 e. The molecule has 0 aliphatic rings. The van der Waals surface area contributed by atoms with Gasteiger partial charge in [0.05, 0.1) is 12.7 Å². The van der Waals surface area contributed by atoms with Crippen LogP contribution >= 0.6 is 11.8 Å². The van der Waals surface area contributed by atoms with Gasteiger partial charge in [-0.1, -0.05) is 12.1 Å². The molecule has 1 heterocycles. The molecule has 140 valence electrons. The molecule has 3 aromatic rings. The number of phenolic OH excluding ortho intramolecular Hbond substituents is 1. The van der Waals surface area contributed by atoms with Crippen molar-refractivity contribution >= 4 is 34.3 Å². The number of para-hydroxylation sites is 1. The van der Waals surface area contributed by atoms with Crippen LogP contribution in [0, 0.1) is 0 Å². The van der Waals surface area contributed by atoms with Crippen molar-refractivity contribution in [1.82, 2.24) is 0 Å². The second-order valence-electron chi connectivity index (χ2n) is 6.33. The number of fused-ring (bicyclic) bond motifs is 1. The number of carbonyl (C=O) groups is 1. The van der Waals surface area contributed by atoms with E-state index in [0.29, 0.717) is 12.1 Å². The van der Waals surface area contributed by atoms with E-state index in [4.69, 9.17) is 4.42 Å². The van der Waals surface area contributed by atoms with E-state index in [0.717, 1.165) is 26.4 Å². The van der Waals surface area contributed by atoms with Gasteiger partial charge in [0.1, 0.15) is 17.9 Å². The maximum atomic E-state index is 12.4. The molecular weight excluding hydrogens is 364 g/mol. The van der Waals surface area contributed by atoms with E-state index < -0.39 is 5.63 Å². The highest BCUT2D eigenvalue weighted by Gasteiger charge is 2.15. The molecule has 6 nitrogen and oxygen atoms in total. The number of aromatic hydroxyl groups is 1. The van der Waals surface area contributed by atoms with Gasteiger partial charge in [-0.3, -0.25) is 4.79 Å². The van der Waals surface area contributed by atoms with Crippen LogP contribution in [-0.4, -0.2) is 30.9 Å². The van der Waals surface area contributed by atoms with Gasteiger partial charge in [0.2, 0.25) is 0 Å². The molecule has 0 radical (unpaired) electrons. The number of hydrogen-bond donors (Lipinski definition) is 3. The lowest BCUT2D eigenvalue weighted by atomic mass is 10.1. The summed E-state index contributed by atoms with van der Waals surface area (Å²) in [6.07, 6.45) is 1.96. The summed E-state index contributed by atoms with van der Waals surface area (Å²) in [7, 11) is 1.89. The highest BCUT2D eigenvalue weighted by molar-refractivity contribution is 7.98. The van der Waals surface area contributed by atoms with Crippen molar-refractivity contribution in [1.29, 1.82) is 0 Å². The zero-order valence-corrected chi connectivity index (χ0v) is 15.9. The van der Waals surface area contributed by atoms with E-state index in [9.17, 15) is 14.7 Å². The van der Waals surface area contributed by atoms with E-state index in [1.807, 2.05) is 37.6 Å². The molecule has 27 heavy (non-hydrogen) atoms. The second kappa shape index (κ2) is 8.28. The maximum absolute atomic E-state index is 12.4. The molecule has 0 saturated carbocycles. The molecule has 1 unspecified atom stereocenters. The first-order valence-corrected chi connectivity index (χ1v) is 9.68. The fraction of sp³-hybridized carbons (Fsp3) is 0.200. The third-order valence-electron chi connectivity index (χ3n) is 4.15. The van der Waals surface area contributed by atoms with Crippen molar-refractivity contribution < 1.29 is 19.2 Å². The van der Waals surface area contributed by atoms with Crippen LogP contribution in [0.2, 0.25) is 0 Å². The van der Waals surface area contributed by atoms with Gasteiger partial charge >= 0.3 is 5.63 Å². The van der Waals surface area contributed by atoms with Gasteiger partial charge < -0.3 is 19.7 Å². The van der Waals surface area contributed by atoms with Crippen LogP contribution in [0.5, 0.6) is 5.75 Å². The third-order valence-corrected chi connectivity index (χ3v) is 4.95. The van der Waals surface area contributed by atoms with E-state index >= 15 is 0 Å². The summed E-state index contributed by atoms with van der Waals surface area (Å²) in [5, 5.41) is 13.3. The zero-order chi connectivity index (χ0) is 19.4. The summed E-state index contributed by atoms with van der Waals surface area (Å²) >= 11 is 1.58. The molecule has 0 fully saturated rings. The first-order valence-electron chi connectivity index (χ1n) is 8.46. The number of thioether (sulfide) groups is 1. The monoisotopic (exact) mass is 385 g/mol. The van der Waals surface area contributed by atoms with Crippen LogP contribution in [0.1, 0.15) is 5.56 Å². The Kier molecular flexibility index (Phi) is 5.83. The number of anilines is 1. The number of hydrogen-bond acceptors (Lipinski definition) is 5. The fourth-order valence-corrected chi connectivity index (χ4v) is 3.52. The molecule has 0 spiro atoms. The normalized spacial score (nSPS) is 12.1. The Bertz CT molecular complexity index is 1030. The number of amides is 1. The maximum Gasteiger partial charge on any atom is 0.336 e. The Labute approximate surface area is 160 Å². The summed E-state index contributed by atoms with van der Waals surface area (Å²) in [6.45, 7) is 0.729. The summed E-state index contributed by atoms with van der Waals surface area (Å²) in [5.74, 6) is -0.0609. The molecule has 3 N–H and O–H groups in total. The summed E-state index contributed by atoms with van der Waals surface area (Å²) in [4.78, 5) is 26.1. The number of rotatable bonds is 6. The molecule has 0 aliphatic carbocycles. The Morgan fingerprint density at radius 1 is 1.22 bits per heavy atom. The van der Waals surface area contributed by atoms with Crippen LogP contribution < -0.4 is 15.8 Å². The van der Waals surface area contributed by atoms with Crippen molar-refractivity contribution in [2.24, 2.45) is 0 Å². The fourth-order valence-electron chi connectivity index (χ4n) is 2.97. The number of carbonyl (C=O) groups excluding carboxylic acids is 1. The largest absolute Gasteiger partial charge is 0.508 e. The lowest BCUT2D eigenvalue weighted by Gasteiger charge is -2.15. The SMILES string of the molecule is CSc1ccccc1NC(=O)C[NH+](C)Cc1cc(=O)oc2cc(O)ccc12. The van der Waals surface area contributed by atoms with Crippen molar-refractivity contribution in [3.63, 3.8) is 0 Å². The Balaban J connectivity index is 1.72. The van der Waals surface area contributed by atoms with Gasteiger partial charge in [-0.15, -0.1) is 11.8 Å². The van der Waals surface area contributed by atoms with Gasteiger partial charge in [-0.05, 0) is 30.5 Å². The average Bonchev–Trinajstić information content (AvgIpc) is 2.61. The van der Waals surface area contributed by atoms with Crippen LogP contribution in [0.15, 0.2) is 62.6 Å². The summed E-state index contributed by atoms with van der Waals surface area (Å²) < 4.78 is 5.14. The molecule has 1 amide bonds. The topological polar surface area (TPSA) is 84.0 Å². The van der Waals surface area contributed by atoms with E-state index in [2.05, 4.69) is 5.32 Å². The molecule has 2 aromatic carbocycles. The average molecular weight is 385 g/mol. The van der Waals surface area contributed by atoms with Gasteiger partial charge in [-0.2, -0.15) is 0 Å². The minimum atomic E-state index is -0.478. The van der Waals surface area contributed by atoms with E-state index in [1.165, 1.54) is 12.1 Å². The molecule has 1 aromatic heterocycles. The quantitative estimate of drug-likeness (QED) is 0.446. The number of quaternary nitrogens is 1. The molecule has 1 atom stereocenters. The standard InChI is InChI=1S/C20H20N2O4S/c1-22(12-19(24)21-16-5-3-4-6-18(16)27-2)11-13-9-20(25)26-17-10-14(23)7-8-15(13)17/h3-10,23H,11-12H2,1-2H3,(H,21,24)/p+1. The summed E-state index contributed by atoms with van der Waals surface area (Å²) in [5.41, 5.74) is 1.43. The lowest BCUT2D eigenvalue weighted by Crippen LogP contribution is -3.08. The molecule has 3 rings (SSSR count). The Morgan fingerprint density at radius 2 is 2.00 bits per heavy atom. The smallest absolute Gasteiger partial charge is 0.336 e. The molecular formula is C20H21N2O4S+. The van der Waals surface area contributed by atoms with Crippen LogP contribution in [0.25, 0.3) is 11.0 Å². The Morgan fingerprint density at radius 3 is 2.78 bits per heavy atom. The highest BCUT2D eigenvalue weighted by Crippen LogP contribution is 2.24. The van der Waals surface area contributed by atoms with Crippen molar-refractivity contribution in [3.8, 4) is 5.75 Å². The number of benzene rings is 2. The molecule has 7 heteroatoms. The lowest BCUT2D eigenvalue weighted by molar-refractivity contribution is -0.885. The van der Waals surface area contributed by atoms with Gasteiger partial charge in [-0.25, -0.2) is 4.79 Å². The number of nitrogens with one attached hydrogen (secondary N) is 2. The van der Waals surface area contributed by atoms with Gasteiger partial charge in [0.25, 0.3) is 5.91 Å². The van der Waals surface area contributed by atoms with Crippen molar-refractivity contribution in [2.45, 2.75) is 11.4 Å². The van der Waals surface area contributed by atoms with Crippen molar-refractivity contribution in [3.05, 3.63) is 64.5 Å².